The summed E-state index contributed by atoms with van der Waals surface area (Å²) >= 11 is 0. The molecule has 3 heteroatoms. The standard InChI is InChI=1S/C10H19N3/c1-4-5-6-10(2,11)9-7-12-8-13(9)3/h7-8H,4-6,11H2,1-3H3. The van der Waals surface area contributed by atoms with Gasteiger partial charge < -0.3 is 10.3 Å². The zero-order valence-electron chi connectivity index (χ0n) is 8.75. The number of nitrogens with two attached hydrogens (primary N) is 1. The fraction of sp³-hybridized carbons (Fsp3) is 0.700. The number of nitrogens with zero attached hydrogens (tertiary/aromatic N) is 2. The van der Waals surface area contributed by atoms with Gasteiger partial charge >= 0.3 is 0 Å². The van der Waals surface area contributed by atoms with Gasteiger partial charge in [0.05, 0.1) is 17.6 Å². The molecule has 1 atom stereocenters. The maximum absolute atomic E-state index is 6.21. The highest BCUT2D eigenvalue weighted by Gasteiger charge is 2.23. The first kappa shape index (κ1) is 10.3. The fourth-order valence-corrected chi connectivity index (χ4v) is 1.58. The van der Waals surface area contributed by atoms with Gasteiger partial charge in [-0.3, -0.25) is 0 Å². The molecule has 0 aliphatic rings. The molecule has 0 saturated heterocycles. The molecular weight excluding hydrogens is 162 g/mol. The molecule has 1 aromatic heterocycles. The Bertz CT molecular complexity index is 263. The van der Waals surface area contributed by atoms with E-state index in [4.69, 9.17) is 5.73 Å². The van der Waals surface area contributed by atoms with Crippen LogP contribution in [0.3, 0.4) is 0 Å². The number of hydrogen-bond donors (Lipinski definition) is 1. The van der Waals surface area contributed by atoms with E-state index in [0.29, 0.717) is 0 Å². The highest BCUT2D eigenvalue weighted by molar-refractivity contribution is 5.10. The Morgan fingerprint density at radius 3 is 2.77 bits per heavy atom. The molecular formula is C10H19N3. The summed E-state index contributed by atoms with van der Waals surface area (Å²) in [4.78, 5) is 4.08. The molecule has 0 saturated carbocycles. The normalized spacial score (nSPS) is 15.7. The maximum atomic E-state index is 6.21. The van der Waals surface area contributed by atoms with Crippen molar-refractivity contribution in [2.45, 2.75) is 38.6 Å². The fourth-order valence-electron chi connectivity index (χ4n) is 1.58. The zero-order chi connectivity index (χ0) is 9.90. The van der Waals surface area contributed by atoms with E-state index in [1.165, 1.54) is 6.42 Å². The zero-order valence-corrected chi connectivity index (χ0v) is 8.75. The third kappa shape index (κ3) is 2.31. The minimum atomic E-state index is -0.235. The van der Waals surface area contributed by atoms with Crippen LogP contribution in [0.25, 0.3) is 0 Å². The molecule has 74 valence electrons. The van der Waals surface area contributed by atoms with Crippen LogP contribution in [0.4, 0.5) is 0 Å². The largest absolute Gasteiger partial charge is 0.336 e. The van der Waals surface area contributed by atoms with Gasteiger partial charge in [-0.05, 0) is 13.3 Å². The van der Waals surface area contributed by atoms with Crippen molar-refractivity contribution >= 4 is 0 Å². The summed E-state index contributed by atoms with van der Waals surface area (Å²) in [6, 6.07) is 0. The molecule has 0 bridgehead atoms. The van der Waals surface area contributed by atoms with Crippen molar-refractivity contribution in [2.75, 3.05) is 0 Å². The van der Waals surface area contributed by atoms with Gasteiger partial charge in [0.2, 0.25) is 0 Å². The van der Waals surface area contributed by atoms with E-state index in [1.807, 2.05) is 17.8 Å². The number of imidazole rings is 1. The molecule has 1 heterocycles. The smallest absolute Gasteiger partial charge is 0.0946 e. The number of rotatable bonds is 4. The van der Waals surface area contributed by atoms with Crippen molar-refractivity contribution in [3.63, 3.8) is 0 Å². The van der Waals surface area contributed by atoms with E-state index in [9.17, 15) is 0 Å². The van der Waals surface area contributed by atoms with Crippen molar-refractivity contribution in [1.29, 1.82) is 0 Å². The van der Waals surface area contributed by atoms with Crippen molar-refractivity contribution in [3.05, 3.63) is 18.2 Å². The molecule has 3 nitrogen and oxygen atoms in total. The molecule has 0 amide bonds. The molecule has 0 aromatic carbocycles. The van der Waals surface area contributed by atoms with Gasteiger partial charge in [-0.25, -0.2) is 4.98 Å². The number of aromatic nitrogens is 2. The van der Waals surface area contributed by atoms with Crippen LogP contribution in [0.5, 0.6) is 0 Å². The molecule has 2 N–H and O–H groups in total. The minimum absolute atomic E-state index is 0.235. The van der Waals surface area contributed by atoms with Crippen LogP contribution in [-0.4, -0.2) is 9.55 Å². The highest BCUT2D eigenvalue weighted by atomic mass is 15.0. The lowest BCUT2D eigenvalue weighted by atomic mass is 9.93. The summed E-state index contributed by atoms with van der Waals surface area (Å²) in [6.07, 6.45) is 7.02. The average molecular weight is 181 g/mol. The lowest BCUT2D eigenvalue weighted by molar-refractivity contribution is 0.410. The van der Waals surface area contributed by atoms with E-state index in [0.717, 1.165) is 18.5 Å². The first-order chi connectivity index (χ1) is 6.08. The van der Waals surface area contributed by atoms with Crippen LogP contribution in [-0.2, 0) is 12.6 Å². The monoisotopic (exact) mass is 181 g/mol. The Kier molecular flexibility index (Phi) is 3.09. The third-order valence-corrected chi connectivity index (χ3v) is 2.45. The van der Waals surface area contributed by atoms with Crippen LogP contribution in [0.2, 0.25) is 0 Å². The minimum Gasteiger partial charge on any atom is -0.336 e. The quantitative estimate of drug-likeness (QED) is 0.769. The van der Waals surface area contributed by atoms with Crippen molar-refractivity contribution in [1.82, 2.24) is 9.55 Å². The van der Waals surface area contributed by atoms with Crippen LogP contribution < -0.4 is 5.73 Å². The van der Waals surface area contributed by atoms with E-state index >= 15 is 0 Å². The van der Waals surface area contributed by atoms with Gasteiger partial charge in [-0.1, -0.05) is 19.8 Å². The van der Waals surface area contributed by atoms with Crippen LogP contribution >= 0.6 is 0 Å². The Morgan fingerprint density at radius 1 is 1.62 bits per heavy atom. The molecule has 13 heavy (non-hydrogen) atoms. The third-order valence-electron chi connectivity index (χ3n) is 2.45. The second-order valence-corrected chi connectivity index (χ2v) is 3.91. The highest BCUT2D eigenvalue weighted by Crippen LogP contribution is 2.22. The summed E-state index contributed by atoms with van der Waals surface area (Å²) in [6.45, 7) is 4.25. The molecule has 0 radical (unpaired) electrons. The van der Waals surface area contributed by atoms with Gasteiger partial charge in [0.15, 0.2) is 0 Å². The summed E-state index contributed by atoms with van der Waals surface area (Å²) in [7, 11) is 1.99. The molecule has 1 rings (SSSR count). The van der Waals surface area contributed by atoms with E-state index < -0.39 is 0 Å². The topological polar surface area (TPSA) is 43.8 Å². The Balaban J connectivity index is 2.74. The van der Waals surface area contributed by atoms with Crippen LogP contribution in [0.1, 0.15) is 38.8 Å². The van der Waals surface area contributed by atoms with E-state index in [2.05, 4.69) is 18.8 Å². The lowest BCUT2D eigenvalue weighted by Gasteiger charge is -2.24. The van der Waals surface area contributed by atoms with Crippen molar-refractivity contribution < 1.29 is 0 Å². The lowest BCUT2D eigenvalue weighted by Crippen LogP contribution is -2.34. The van der Waals surface area contributed by atoms with Crippen molar-refractivity contribution in [2.24, 2.45) is 12.8 Å². The molecule has 0 aliphatic carbocycles. The Labute approximate surface area is 80.0 Å². The van der Waals surface area contributed by atoms with Crippen LogP contribution in [0.15, 0.2) is 12.5 Å². The summed E-state index contributed by atoms with van der Waals surface area (Å²) < 4.78 is 2.00. The molecule has 1 aromatic rings. The second kappa shape index (κ2) is 3.92. The summed E-state index contributed by atoms with van der Waals surface area (Å²) in [5.41, 5.74) is 7.09. The molecule has 0 fully saturated rings. The molecule has 1 unspecified atom stereocenters. The van der Waals surface area contributed by atoms with Gasteiger partial charge in [-0.15, -0.1) is 0 Å². The van der Waals surface area contributed by atoms with Crippen LogP contribution in [0, 0.1) is 0 Å². The Hall–Kier alpha value is -0.830. The Morgan fingerprint density at radius 2 is 2.31 bits per heavy atom. The number of unbranched alkanes of at least 4 members (excludes halogenated alkanes) is 1. The SMILES string of the molecule is CCCCC(C)(N)c1cncn1C. The van der Waals surface area contributed by atoms with E-state index in [-0.39, 0.29) is 5.54 Å². The predicted molar refractivity (Wildman–Crippen MR) is 54.3 cm³/mol. The van der Waals surface area contributed by atoms with Crippen molar-refractivity contribution in [3.8, 4) is 0 Å². The average Bonchev–Trinajstić information content (AvgIpc) is 2.48. The van der Waals surface area contributed by atoms with Gasteiger partial charge in [0.25, 0.3) is 0 Å². The summed E-state index contributed by atoms with van der Waals surface area (Å²) in [5, 5.41) is 0. The summed E-state index contributed by atoms with van der Waals surface area (Å²) in [5.74, 6) is 0. The first-order valence-corrected chi connectivity index (χ1v) is 4.83. The van der Waals surface area contributed by atoms with E-state index in [1.54, 1.807) is 6.33 Å². The number of hydrogen-bond acceptors (Lipinski definition) is 2. The maximum Gasteiger partial charge on any atom is 0.0946 e. The van der Waals surface area contributed by atoms with Gasteiger partial charge in [0.1, 0.15) is 0 Å². The predicted octanol–water partition coefficient (Wildman–Crippen LogP) is 1.78. The molecule has 0 spiro atoms. The van der Waals surface area contributed by atoms with Gasteiger partial charge in [0, 0.05) is 13.2 Å². The van der Waals surface area contributed by atoms with Gasteiger partial charge in [-0.2, -0.15) is 0 Å². The first-order valence-electron chi connectivity index (χ1n) is 4.83. The number of aryl methyl sites for hydroxylation is 1. The molecule has 0 aliphatic heterocycles. The second-order valence-electron chi connectivity index (χ2n) is 3.91.